The number of fused-ring (bicyclic) bond motifs is 1. The van der Waals surface area contributed by atoms with Gasteiger partial charge in [0, 0.05) is 4.90 Å². The van der Waals surface area contributed by atoms with Crippen LogP contribution in [0.3, 0.4) is 0 Å². The first-order valence-electron chi connectivity index (χ1n) is 6.07. The van der Waals surface area contributed by atoms with Gasteiger partial charge in [0.1, 0.15) is 15.9 Å². The second kappa shape index (κ2) is 5.43. The fourth-order valence-electron chi connectivity index (χ4n) is 1.91. The van der Waals surface area contributed by atoms with Gasteiger partial charge in [-0.1, -0.05) is 24.3 Å². The summed E-state index contributed by atoms with van der Waals surface area (Å²) in [5.41, 5.74) is 0.728. The molecule has 1 N–H and O–H groups in total. The van der Waals surface area contributed by atoms with Crippen LogP contribution in [0.5, 0.6) is 0 Å². The molecule has 0 radical (unpaired) electrons. The van der Waals surface area contributed by atoms with Crippen molar-refractivity contribution in [3.63, 3.8) is 0 Å². The van der Waals surface area contributed by atoms with E-state index in [4.69, 9.17) is 0 Å². The zero-order valence-electron chi connectivity index (χ0n) is 11.2. The van der Waals surface area contributed by atoms with Crippen molar-refractivity contribution in [2.45, 2.75) is 9.79 Å². The van der Waals surface area contributed by atoms with Crippen LogP contribution in [-0.2, 0) is 19.7 Å². The zero-order valence-corrected chi connectivity index (χ0v) is 13.6. The molecule has 22 heavy (non-hydrogen) atoms. The average Bonchev–Trinajstić information content (AvgIpc) is 2.95. The highest BCUT2D eigenvalue weighted by Crippen LogP contribution is 2.22. The minimum Gasteiger partial charge on any atom is -0.247 e. The van der Waals surface area contributed by atoms with Crippen LogP contribution in [0.2, 0.25) is 0 Å². The van der Waals surface area contributed by atoms with Crippen molar-refractivity contribution < 1.29 is 12.6 Å². The topological polar surface area (TPSA) is 89.0 Å². The molecule has 6 nitrogen and oxygen atoms in total. The molecule has 1 aromatic heterocycles. The average molecular weight is 353 g/mol. The Hall–Kier alpha value is -1.81. The SMILES string of the molecule is C=S(=O)(NS(=O)(=O)c1cccc2nsnc12)c1ccccc1. The summed E-state index contributed by atoms with van der Waals surface area (Å²) in [5, 5.41) is 0. The smallest absolute Gasteiger partial charge is 0.247 e. The van der Waals surface area contributed by atoms with Crippen molar-refractivity contribution in [1.82, 2.24) is 12.9 Å². The molecule has 0 saturated carbocycles. The maximum Gasteiger partial charge on any atom is 0.253 e. The highest BCUT2D eigenvalue weighted by molar-refractivity contribution is 8.09. The van der Waals surface area contributed by atoms with E-state index in [0.29, 0.717) is 10.4 Å². The fourth-order valence-corrected chi connectivity index (χ4v) is 5.94. The molecule has 0 aliphatic rings. The lowest BCUT2D eigenvalue weighted by molar-refractivity contribution is 0.593. The lowest BCUT2D eigenvalue weighted by Gasteiger charge is -2.12. The molecule has 2 aromatic carbocycles. The van der Waals surface area contributed by atoms with Crippen LogP contribution in [0.1, 0.15) is 0 Å². The molecule has 0 aliphatic carbocycles. The molecule has 0 bridgehead atoms. The van der Waals surface area contributed by atoms with Gasteiger partial charge >= 0.3 is 0 Å². The van der Waals surface area contributed by atoms with Crippen LogP contribution in [-0.4, -0.2) is 27.2 Å². The maximum absolute atomic E-state index is 12.6. The molecule has 0 aliphatic heterocycles. The summed E-state index contributed by atoms with van der Waals surface area (Å²) >= 11 is 0.918. The highest BCUT2D eigenvalue weighted by atomic mass is 32.3. The van der Waals surface area contributed by atoms with E-state index in [9.17, 15) is 12.6 Å². The minimum absolute atomic E-state index is 0.0638. The van der Waals surface area contributed by atoms with Crippen LogP contribution in [0.25, 0.3) is 11.0 Å². The van der Waals surface area contributed by atoms with Gasteiger partial charge in [-0.05, 0) is 30.1 Å². The molecular formula is C13H11N3O3S3. The van der Waals surface area contributed by atoms with Crippen molar-refractivity contribution in [1.29, 1.82) is 0 Å². The fraction of sp³-hybridized carbons (Fsp3) is 0. The number of sulfonamides is 1. The number of hydrogen-bond acceptors (Lipinski definition) is 6. The molecule has 1 unspecified atom stereocenters. The summed E-state index contributed by atoms with van der Waals surface area (Å²) in [6, 6.07) is 12.8. The largest absolute Gasteiger partial charge is 0.253 e. The van der Waals surface area contributed by atoms with Gasteiger partial charge in [-0.15, -0.1) is 4.13 Å². The van der Waals surface area contributed by atoms with Crippen LogP contribution in [0, 0.1) is 0 Å². The Bertz CT molecular complexity index is 1030. The molecule has 9 heteroatoms. The molecule has 0 saturated heterocycles. The Balaban J connectivity index is 2.07. The third-order valence-corrected chi connectivity index (χ3v) is 7.35. The zero-order chi connectivity index (χ0) is 15.8. The predicted octanol–water partition coefficient (Wildman–Crippen LogP) is 1.66. The lowest BCUT2D eigenvalue weighted by atomic mass is 10.3. The van der Waals surface area contributed by atoms with Gasteiger partial charge in [0.05, 0.1) is 21.4 Å². The first-order valence-corrected chi connectivity index (χ1v) is 10.0. The molecule has 0 spiro atoms. The summed E-state index contributed by atoms with van der Waals surface area (Å²) in [5.74, 6) is 3.52. The van der Waals surface area contributed by atoms with Crippen LogP contribution in [0.4, 0.5) is 0 Å². The Morgan fingerprint density at radius 2 is 1.68 bits per heavy atom. The molecule has 0 amide bonds. The third kappa shape index (κ3) is 2.75. The lowest BCUT2D eigenvalue weighted by Crippen LogP contribution is -2.30. The maximum atomic E-state index is 12.6. The monoisotopic (exact) mass is 353 g/mol. The Morgan fingerprint density at radius 1 is 0.955 bits per heavy atom. The van der Waals surface area contributed by atoms with Crippen molar-refractivity contribution in [2.75, 3.05) is 0 Å². The first kappa shape index (κ1) is 15.1. The molecular weight excluding hydrogens is 342 g/mol. The highest BCUT2D eigenvalue weighted by Gasteiger charge is 2.23. The third-order valence-electron chi connectivity index (χ3n) is 2.91. The van der Waals surface area contributed by atoms with E-state index in [1.54, 1.807) is 42.5 Å². The van der Waals surface area contributed by atoms with Gasteiger partial charge < -0.3 is 0 Å². The van der Waals surface area contributed by atoms with Crippen molar-refractivity contribution in [3.8, 4) is 0 Å². The quantitative estimate of drug-likeness (QED) is 0.721. The summed E-state index contributed by atoms with van der Waals surface area (Å²) in [4.78, 5) is 0.244. The van der Waals surface area contributed by atoms with Crippen LogP contribution < -0.4 is 4.13 Å². The molecule has 3 aromatic rings. The van der Waals surface area contributed by atoms with E-state index in [1.807, 2.05) is 0 Å². The molecule has 1 heterocycles. The number of hydrogen-bond donors (Lipinski definition) is 1. The van der Waals surface area contributed by atoms with Gasteiger partial charge in [-0.3, -0.25) is 0 Å². The van der Waals surface area contributed by atoms with E-state index >= 15 is 0 Å². The Kier molecular flexibility index (Phi) is 3.73. The van der Waals surface area contributed by atoms with Gasteiger partial charge in [0.2, 0.25) is 0 Å². The van der Waals surface area contributed by atoms with Gasteiger partial charge in [-0.2, -0.15) is 8.75 Å². The number of benzene rings is 2. The molecule has 0 fully saturated rings. The Morgan fingerprint density at radius 3 is 2.41 bits per heavy atom. The van der Waals surface area contributed by atoms with Gasteiger partial charge in [0.25, 0.3) is 10.0 Å². The van der Waals surface area contributed by atoms with E-state index in [-0.39, 0.29) is 10.4 Å². The Labute approximate surface area is 132 Å². The summed E-state index contributed by atoms with van der Waals surface area (Å²) in [7, 11) is -7.25. The van der Waals surface area contributed by atoms with Crippen LogP contribution >= 0.6 is 11.7 Å². The normalized spacial score (nSPS) is 14.7. The second-order valence-electron chi connectivity index (χ2n) is 4.46. The van der Waals surface area contributed by atoms with Crippen LogP contribution in [0.15, 0.2) is 58.3 Å². The van der Waals surface area contributed by atoms with Gasteiger partial charge in [0.15, 0.2) is 0 Å². The second-order valence-corrected chi connectivity index (χ2v) is 8.93. The molecule has 1 atom stereocenters. The van der Waals surface area contributed by atoms with Gasteiger partial charge in [-0.25, -0.2) is 12.6 Å². The number of rotatable bonds is 4. The summed E-state index contributed by atoms with van der Waals surface area (Å²) in [6.45, 7) is 0. The molecule has 114 valence electrons. The van der Waals surface area contributed by atoms with E-state index in [2.05, 4.69) is 18.7 Å². The van der Waals surface area contributed by atoms with E-state index in [0.717, 1.165) is 11.7 Å². The van der Waals surface area contributed by atoms with E-state index < -0.39 is 19.7 Å². The summed E-state index contributed by atoms with van der Waals surface area (Å²) in [6.07, 6.45) is 0. The number of nitrogens with one attached hydrogen (secondary N) is 1. The van der Waals surface area contributed by atoms with Crippen molar-refractivity contribution in [2.24, 2.45) is 0 Å². The van der Waals surface area contributed by atoms with E-state index in [1.165, 1.54) is 6.07 Å². The standard InChI is InChI=1S/C13H11N3O3S3/c1-21(17,10-6-3-2-4-7-10)16-22(18,19)12-9-5-8-11-13(12)15-20-14-11/h2-9H,1H2,(H,16,17). The summed E-state index contributed by atoms with van der Waals surface area (Å²) < 4.78 is 47.9. The van der Waals surface area contributed by atoms with Crippen molar-refractivity contribution in [3.05, 3.63) is 48.5 Å². The number of nitrogens with zero attached hydrogens (tertiary/aromatic N) is 2. The van der Waals surface area contributed by atoms with Crippen molar-refractivity contribution >= 4 is 48.4 Å². The molecule has 3 rings (SSSR count). The minimum atomic E-state index is -4.05. The predicted molar refractivity (Wildman–Crippen MR) is 87.7 cm³/mol. The number of aromatic nitrogens is 2. The first-order chi connectivity index (χ1) is 10.4.